The second-order valence-electron chi connectivity index (χ2n) is 3.68. The van der Waals surface area contributed by atoms with Crippen LogP contribution in [0.1, 0.15) is 26.7 Å². The molecule has 1 aliphatic carbocycles. The molecule has 0 aromatic rings. The van der Waals surface area contributed by atoms with Crippen molar-refractivity contribution < 1.29 is 0 Å². The first-order chi connectivity index (χ1) is 6.20. The minimum Gasteiger partial charge on any atom is -0.301 e. The molecule has 0 spiro atoms. The summed E-state index contributed by atoms with van der Waals surface area (Å²) >= 11 is 0. The SMILES string of the molecule is CC(C)/C=C\C=C1\CCC=CC1=N. The Hall–Kier alpha value is -1.11. The summed E-state index contributed by atoms with van der Waals surface area (Å²) in [6.45, 7) is 4.31. The van der Waals surface area contributed by atoms with Crippen molar-refractivity contribution in [2.24, 2.45) is 5.92 Å². The average Bonchev–Trinajstić information content (AvgIpc) is 2.08. The maximum Gasteiger partial charge on any atom is 0.0568 e. The number of hydrogen-bond acceptors (Lipinski definition) is 1. The molecule has 1 aliphatic rings. The lowest BCUT2D eigenvalue weighted by Crippen LogP contribution is -2.01. The minimum atomic E-state index is 0.588. The van der Waals surface area contributed by atoms with Crippen LogP contribution in [0.25, 0.3) is 0 Å². The van der Waals surface area contributed by atoms with E-state index in [9.17, 15) is 0 Å². The van der Waals surface area contributed by atoms with Crippen molar-refractivity contribution in [2.45, 2.75) is 26.7 Å². The molecule has 0 fully saturated rings. The van der Waals surface area contributed by atoms with E-state index in [2.05, 4.69) is 38.2 Å². The smallest absolute Gasteiger partial charge is 0.0568 e. The third kappa shape index (κ3) is 3.41. The Kier molecular flexibility index (Phi) is 3.69. The summed E-state index contributed by atoms with van der Waals surface area (Å²) in [6, 6.07) is 0. The lowest BCUT2D eigenvalue weighted by atomic mass is 9.98. The summed E-state index contributed by atoms with van der Waals surface area (Å²) in [5.74, 6) is 0.588. The first kappa shape index (κ1) is 9.97. The molecular formula is C12H17N. The van der Waals surface area contributed by atoms with Crippen LogP contribution in [0.2, 0.25) is 0 Å². The Labute approximate surface area is 80.4 Å². The van der Waals surface area contributed by atoms with E-state index < -0.39 is 0 Å². The molecule has 0 heterocycles. The highest BCUT2D eigenvalue weighted by Crippen LogP contribution is 2.14. The van der Waals surface area contributed by atoms with Crippen molar-refractivity contribution in [3.8, 4) is 0 Å². The van der Waals surface area contributed by atoms with Gasteiger partial charge in [-0.2, -0.15) is 0 Å². The maximum atomic E-state index is 7.64. The number of allylic oxidation sites excluding steroid dienone is 6. The van der Waals surface area contributed by atoms with Gasteiger partial charge in [-0.25, -0.2) is 0 Å². The highest BCUT2D eigenvalue weighted by Gasteiger charge is 2.03. The van der Waals surface area contributed by atoms with Gasteiger partial charge in [-0.15, -0.1) is 0 Å². The first-order valence-corrected chi connectivity index (χ1v) is 4.83. The van der Waals surface area contributed by atoms with E-state index in [0.717, 1.165) is 18.4 Å². The molecule has 0 aliphatic heterocycles. The summed E-state index contributed by atoms with van der Waals surface area (Å²) in [6.07, 6.45) is 12.3. The third-order valence-corrected chi connectivity index (χ3v) is 2.00. The fourth-order valence-corrected chi connectivity index (χ4v) is 1.25. The van der Waals surface area contributed by atoms with E-state index in [1.807, 2.05) is 6.08 Å². The van der Waals surface area contributed by atoms with E-state index in [1.165, 1.54) is 0 Å². The Morgan fingerprint density at radius 1 is 1.46 bits per heavy atom. The molecule has 0 saturated carbocycles. The fourth-order valence-electron chi connectivity index (χ4n) is 1.25. The third-order valence-electron chi connectivity index (χ3n) is 2.00. The molecule has 70 valence electrons. The van der Waals surface area contributed by atoms with E-state index in [1.54, 1.807) is 0 Å². The quantitative estimate of drug-likeness (QED) is 0.664. The minimum absolute atomic E-state index is 0.588. The van der Waals surface area contributed by atoms with Crippen LogP contribution in [0.4, 0.5) is 0 Å². The zero-order chi connectivity index (χ0) is 9.68. The second-order valence-corrected chi connectivity index (χ2v) is 3.68. The molecule has 0 aromatic carbocycles. The van der Waals surface area contributed by atoms with Crippen LogP contribution in [0.5, 0.6) is 0 Å². The molecule has 0 saturated heterocycles. The molecular weight excluding hydrogens is 158 g/mol. The van der Waals surface area contributed by atoms with Crippen molar-refractivity contribution in [3.63, 3.8) is 0 Å². The predicted octanol–water partition coefficient (Wildman–Crippen LogP) is 3.49. The van der Waals surface area contributed by atoms with E-state index >= 15 is 0 Å². The van der Waals surface area contributed by atoms with E-state index in [0.29, 0.717) is 11.6 Å². The Balaban J connectivity index is 2.61. The molecule has 0 bridgehead atoms. The molecule has 0 amide bonds. The summed E-state index contributed by atoms with van der Waals surface area (Å²) in [5.41, 5.74) is 1.82. The van der Waals surface area contributed by atoms with Crippen molar-refractivity contribution in [2.75, 3.05) is 0 Å². The predicted molar refractivity (Wildman–Crippen MR) is 58.2 cm³/mol. The fraction of sp³-hybridized carbons (Fsp3) is 0.417. The lowest BCUT2D eigenvalue weighted by Gasteiger charge is -2.08. The van der Waals surface area contributed by atoms with Gasteiger partial charge in [-0.1, -0.05) is 38.2 Å². The van der Waals surface area contributed by atoms with Crippen molar-refractivity contribution in [1.82, 2.24) is 0 Å². The van der Waals surface area contributed by atoms with Gasteiger partial charge in [0.05, 0.1) is 5.71 Å². The monoisotopic (exact) mass is 175 g/mol. The lowest BCUT2D eigenvalue weighted by molar-refractivity contribution is 0.831. The molecule has 0 radical (unpaired) electrons. The zero-order valence-electron chi connectivity index (χ0n) is 8.38. The van der Waals surface area contributed by atoms with Crippen LogP contribution in [0.3, 0.4) is 0 Å². The standard InChI is InChI=1S/C12H17N/c1-10(2)6-5-8-11-7-3-4-9-12(11)13/h4-6,8-10,13H,3,7H2,1-2H3/b6-5-,11-8-,13-12?. The second kappa shape index (κ2) is 4.80. The van der Waals surface area contributed by atoms with Crippen LogP contribution in [-0.2, 0) is 0 Å². The molecule has 0 aromatic heterocycles. The van der Waals surface area contributed by atoms with Crippen LogP contribution in [0, 0.1) is 11.3 Å². The zero-order valence-corrected chi connectivity index (χ0v) is 8.38. The van der Waals surface area contributed by atoms with Crippen LogP contribution >= 0.6 is 0 Å². The van der Waals surface area contributed by atoms with Gasteiger partial charge >= 0.3 is 0 Å². The summed E-state index contributed by atoms with van der Waals surface area (Å²) in [5, 5.41) is 7.64. The van der Waals surface area contributed by atoms with Gasteiger partial charge in [0.2, 0.25) is 0 Å². The van der Waals surface area contributed by atoms with E-state index in [4.69, 9.17) is 5.41 Å². The number of rotatable bonds is 2. The highest BCUT2D eigenvalue weighted by atomic mass is 14.4. The van der Waals surface area contributed by atoms with Gasteiger partial charge in [-0.05, 0) is 30.4 Å². The summed E-state index contributed by atoms with van der Waals surface area (Å²) in [7, 11) is 0. The van der Waals surface area contributed by atoms with Crippen molar-refractivity contribution in [1.29, 1.82) is 5.41 Å². The van der Waals surface area contributed by atoms with Crippen LogP contribution < -0.4 is 0 Å². The number of hydrogen-bond donors (Lipinski definition) is 1. The Morgan fingerprint density at radius 3 is 2.85 bits per heavy atom. The van der Waals surface area contributed by atoms with Crippen molar-refractivity contribution >= 4 is 5.71 Å². The molecule has 0 unspecified atom stereocenters. The van der Waals surface area contributed by atoms with Gasteiger partial charge < -0.3 is 5.41 Å². The number of nitrogens with one attached hydrogen (secondary N) is 1. The Morgan fingerprint density at radius 2 is 2.23 bits per heavy atom. The van der Waals surface area contributed by atoms with Crippen molar-refractivity contribution in [3.05, 3.63) is 36.0 Å². The molecule has 13 heavy (non-hydrogen) atoms. The largest absolute Gasteiger partial charge is 0.301 e. The maximum absolute atomic E-state index is 7.64. The van der Waals surface area contributed by atoms with Gasteiger partial charge in [-0.3, -0.25) is 0 Å². The van der Waals surface area contributed by atoms with Gasteiger partial charge in [0.25, 0.3) is 0 Å². The highest BCUT2D eigenvalue weighted by molar-refractivity contribution is 6.07. The Bertz CT molecular complexity index is 267. The molecule has 0 atom stereocenters. The molecule has 1 rings (SSSR count). The molecule has 1 N–H and O–H groups in total. The van der Waals surface area contributed by atoms with E-state index in [-0.39, 0.29) is 0 Å². The van der Waals surface area contributed by atoms with Gasteiger partial charge in [0.1, 0.15) is 0 Å². The average molecular weight is 175 g/mol. The summed E-state index contributed by atoms with van der Waals surface area (Å²) in [4.78, 5) is 0. The molecule has 1 heteroatoms. The van der Waals surface area contributed by atoms with Gasteiger partial charge in [0.15, 0.2) is 0 Å². The normalized spacial score (nSPS) is 20.8. The summed E-state index contributed by atoms with van der Waals surface area (Å²) < 4.78 is 0. The van der Waals surface area contributed by atoms with Gasteiger partial charge in [0, 0.05) is 0 Å². The molecule has 1 nitrogen and oxygen atoms in total. The van der Waals surface area contributed by atoms with Crippen LogP contribution in [0.15, 0.2) is 36.0 Å². The van der Waals surface area contributed by atoms with Crippen LogP contribution in [-0.4, -0.2) is 5.71 Å². The first-order valence-electron chi connectivity index (χ1n) is 4.83. The topological polar surface area (TPSA) is 23.9 Å².